The Morgan fingerprint density at radius 1 is 1.62 bits per heavy atom. The molecule has 2 heterocycles. The smallest absolute Gasteiger partial charge is 0.347 e. The topological polar surface area (TPSA) is 46.5 Å². The summed E-state index contributed by atoms with van der Waals surface area (Å²) in [6, 6.07) is 0. The molecule has 0 saturated carbocycles. The van der Waals surface area contributed by atoms with Crippen molar-refractivity contribution in [3.05, 3.63) is 20.3 Å². The second-order valence-electron chi connectivity index (χ2n) is 2.75. The first kappa shape index (κ1) is 8.99. The van der Waals surface area contributed by atoms with Gasteiger partial charge in [0.15, 0.2) is 0 Å². The Hall–Kier alpha value is -0.580. The zero-order valence-electron chi connectivity index (χ0n) is 6.67. The number of hydrogen-bond acceptors (Lipinski definition) is 3. The summed E-state index contributed by atoms with van der Waals surface area (Å²) >= 11 is 7.15. The number of thiophene rings is 1. The second-order valence-corrected chi connectivity index (χ2v) is 4.24. The Balaban J connectivity index is 2.50. The highest BCUT2D eigenvalue weighted by atomic mass is 35.5. The van der Waals surface area contributed by atoms with Gasteiger partial charge in [0.25, 0.3) is 0 Å². The minimum atomic E-state index is -0.954. The molecule has 2 rings (SSSR count). The Bertz CT molecular complexity index is 359. The Morgan fingerprint density at radius 3 is 3.00 bits per heavy atom. The number of halogens is 1. The molecule has 70 valence electrons. The van der Waals surface area contributed by atoms with Crippen LogP contribution in [0.4, 0.5) is 0 Å². The summed E-state index contributed by atoms with van der Waals surface area (Å²) in [7, 11) is 0. The molecule has 1 N–H and O–H groups in total. The van der Waals surface area contributed by atoms with Crippen molar-refractivity contribution in [3.8, 4) is 0 Å². The van der Waals surface area contributed by atoms with E-state index >= 15 is 0 Å². The van der Waals surface area contributed by atoms with Crippen molar-refractivity contribution in [2.75, 3.05) is 6.61 Å². The molecule has 0 spiro atoms. The van der Waals surface area contributed by atoms with Crippen LogP contribution < -0.4 is 0 Å². The minimum absolute atomic E-state index is 0.233. The molecule has 1 aliphatic rings. The van der Waals surface area contributed by atoms with Gasteiger partial charge in [-0.05, 0) is 0 Å². The number of rotatable bonds is 1. The van der Waals surface area contributed by atoms with Crippen LogP contribution in [0.25, 0.3) is 0 Å². The van der Waals surface area contributed by atoms with Gasteiger partial charge in [-0.3, -0.25) is 0 Å². The SMILES string of the molecule is O=C(O)c1sc2c(c1Cl)COCC2. The molecule has 0 aromatic carbocycles. The number of aromatic carboxylic acids is 1. The standard InChI is InChI=1S/C8H7ClO3S/c9-6-4-3-12-2-1-5(4)13-7(6)8(10)11/h1-3H2,(H,10,11). The first-order valence-corrected chi connectivity index (χ1v) is 5.00. The fourth-order valence-corrected chi connectivity index (χ4v) is 2.75. The van der Waals surface area contributed by atoms with Crippen molar-refractivity contribution in [2.45, 2.75) is 13.0 Å². The molecule has 0 aliphatic carbocycles. The minimum Gasteiger partial charge on any atom is -0.477 e. The maximum Gasteiger partial charge on any atom is 0.347 e. The summed E-state index contributed by atoms with van der Waals surface area (Å²) in [6.45, 7) is 1.10. The van der Waals surface area contributed by atoms with E-state index < -0.39 is 5.97 Å². The fourth-order valence-electron chi connectivity index (χ4n) is 1.31. The van der Waals surface area contributed by atoms with Gasteiger partial charge in [0.1, 0.15) is 4.88 Å². The van der Waals surface area contributed by atoms with Gasteiger partial charge in [-0.1, -0.05) is 11.6 Å². The quantitative estimate of drug-likeness (QED) is 0.786. The third-order valence-electron chi connectivity index (χ3n) is 1.94. The maximum atomic E-state index is 10.7. The average Bonchev–Trinajstić information content (AvgIpc) is 2.45. The van der Waals surface area contributed by atoms with Crippen LogP contribution >= 0.6 is 22.9 Å². The van der Waals surface area contributed by atoms with Crippen molar-refractivity contribution >= 4 is 28.9 Å². The highest BCUT2D eigenvalue weighted by molar-refractivity contribution is 7.14. The fraction of sp³-hybridized carbons (Fsp3) is 0.375. The van der Waals surface area contributed by atoms with Gasteiger partial charge in [0.05, 0.1) is 18.2 Å². The van der Waals surface area contributed by atoms with Crippen molar-refractivity contribution in [1.29, 1.82) is 0 Å². The van der Waals surface area contributed by atoms with Gasteiger partial charge in [-0.15, -0.1) is 11.3 Å². The average molecular weight is 219 g/mol. The number of carbonyl (C=O) groups is 1. The van der Waals surface area contributed by atoms with Crippen LogP contribution in [0.1, 0.15) is 20.1 Å². The van der Waals surface area contributed by atoms with Crippen LogP contribution in [-0.2, 0) is 17.8 Å². The summed E-state index contributed by atoms with van der Waals surface area (Å²) in [4.78, 5) is 12.0. The van der Waals surface area contributed by atoms with Crippen LogP contribution in [-0.4, -0.2) is 17.7 Å². The molecule has 0 atom stereocenters. The molecule has 3 nitrogen and oxygen atoms in total. The van der Waals surface area contributed by atoms with E-state index in [0.29, 0.717) is 18.2 Å². The third kappa shape index (κ3) is 1.45. The molecule has 1 aliphatic heterocycles. The lowest BCUT2D eigenvalue weighted by molar-refractivity contribution is 0.0702. The lowest BCUT2D eigenvalue weighted by Crippen LogP contribution is -2.06. The van der Waals surface area contributed by atoms with E-state index in [1.165, 1.54) is 11.3 Å². The van der Waals surface area contributed by atoms with Gasteiger partial charge in [0, 0.05) is 16.9 Å². The molecule has 0 saturated heterocycles. The van der Waals surface area contributed by atoms with Gasteiger partial charge >= 0.3 is 5.97 Å². The normalized spacial score (nSPS) is 15.5. The van der Waals surface area contributed by atoms with Crippen LogP contribution in [0, 0.1) is 0 Å². The number of carboxylic acid groups (broad SMARTS) is 1. The highest BCUT2D eigenvalue weighted by Crippen LogP contribution is 2.35. The first-order valence-electron chi connectivity index (χ1n) is 3.81. The summed E-state index contributed by atoms with van der Waals surface area (Å²) in [5.74, 6) is -0.954. The monoisotopic (exact) mass is 218 g/mol. The second kappa shape index (κ2) is 3.29. The van der Waals surface area contributed by atoms with Gasteiger partial charge < -0.3 is 9.84 Å². The molecule has 0 unspecified atom stereocenters. The summed E-state index contributed by atoms with van der Waals surface area (Å²) < 4.78 is 5.20. The predicted molar refractivity (Wildman–Crippen MR) is 49.6 cm³/mol. The molecule has 0 radical (unpaired) electrons. The lowest BCUT2D eigenvalue weighted by Gasteiger charge is -2.11. The molecular weight excluding hydrogens is 212 g/mol. The van der Waals surface area contributed by atoms with Crippen LogP contribution in [0.15, 0.2) is 0 Å². The van der Waals surface area contributed by atoms with Gasteiger partial charge in [-0.25, -0.2) is 4.79 Å². The molecule has 13 heavy (non-hydrogen) atoms. The zero-order chi connectivity index (χ0) is 9.42. The summed E-state index contributed by atoms with van der Waals surface area (Å²) in [5, 5.41) is 9.15. The summed E-state index contributed by atoms with van der Waals surface area (Å²) in [6.07, 6.45) is 0.771. The molecule has 0 amide bonds. The third-order valence-corrected chi connectivity index (χ3v) is 3.75. The van der Waals surface area contributed by atoms with E-state index in [0.717, 1.165) is 16.9 Å². The Labute approximate surface area is 83.9 Å². The number of hydrogen-bond donors (Lipinski definition) is 1. The Kier molecular flexibility index (Phi) is 2.27. The van der Waals surface area contributed by atoms with Gasteiger partial charge in [0.2, 0.25) is 0 Å². The van der Waals surface area contributed by atoms with E-state index in [9.17, 15) is 4.79 Å². The van der Waals surface area contributed by atoms with E-state index in [4.69, 9.17) is 21.4 Å². The van der Waals surface area contributed by atoms with Gasteiger partial charge in [-0.2, -0.15) is 0 Å². The summed E-state index contributed by atoms with van der Waals surface area (Å²) in [5.41, 5.74) is 0.857. The maximum absolute atomic E-state index is 10.7. The number of carboxylic acids is 1. The van der Waals surface area contributed by atoms with E-state index in [1.807, 2.05) is 0 Å². The van der Waals surface area contributed by atoms with Crippen LogP contribution in [0.5, 0.6) is 0 Å². The largest absolute Gasteiger partial charge is 0.477 e. The molecule has 1 aromatic heterocycles. The zero-order valence-corrected chi connectivity index (χ0v) is 8.24. The van der Waals surface area contributed by atoms with E-state index in [-0.39, 0.29) is 4.88 Å². The van der Waals surface area contributed by atoms with Crippen LogP contribution in [0.3, 0.4) is 0 Å². The number of fused-ring (bicyclic) bond motifs is 1. The lowest BCUT2D eigenvalue weighted by atomic mass is 10.2. The van der Waals surface area contributed by atoms with E-state index in [1.54, 1.807) is 0 Å². The molecule has 0 bridgehead atoms. The van der Waals surface area contributed by atoms with Crippen LogP contribution in [0.2, 0.25) is 5.02 Å². The molecular formula is C8H7ClO3S. The first-order chi connectivity index (χ1) is 6.20. The Morgan fingerprint density at radius 2 is 2.38 bits per heavy atom. The molecule has 1 aromatic rings. The van der Waals surface area contributed by atoms with E-state index in [2.05, 4.69) is 0 Å². The van der Waals surface area contributed by atoms with Crippen molar-refractivity contribution < 1.29 is 14.6 Å². The molecule has 5 heteroatoms. The van der Waals surface area contributed by atoms with Crippen molar-refractivity contribution in [2.24, 2.45) is 0 Å². The number of ether oxygens (including phenoxy) is 1. The highest BCUT2D eigenvalue weighted by Gasteiger charge is 2.23. The predicted octanol–water partition coefficient (Wildman–Crippen LogP) is 2.17. The molecule has 0 fully saturated rings. The van der Waals surface area contributed by atoms with Crippen molar-refractivity contribution in [3.63, 3.8) is 0 Å². The van der Waals surface area contributed by atoms with Crippen molar-refractivity contribution in [1.82, 2.24) is 0 Å².